The van der Waals surface area contributed by atoms with Crippen LogP contribution in [0.1, 0.15) is 29.9 Å². The van der Waals surface area contributed by atoms with E-state index in [1.807, 2.05) is 60.3 Å². The van der Waals surface area contributed by atoms with Crippen LogP contribution in [0.2, 0.25) is 0 Å². The first-order valence-corrected chi connectivity index (χ1v) is 13.5. The smallest absolute Gasteiger partial charge is 0.326 e. The summed E-state index contributed by atoms with van der Waals surface area (Å²) in [5.74, 6) is -0.496. The van der Waals surface area contributed by atoms with Gasteiger partial charge >= 0.3 is 5.97 Å². The number of nitrogens with one attached hydrogen (secondary N) is 2. The maximum absolute atomic E-state index is 13.4. The Kier molecular flexibility index (Phi) is 8.81. The first-order valence-electron chi connectivity index (χ1n) is 12.1. The highest BCUT2D eigenvalue weighted by molar-refractivity contribution is 7.98. The molecule has 0 fully saturated rings. The number of imidazole rings is 1. The lowest BCUT2D eigenvalue weighted by atomic mass is 9.98. The van der Waals surface area contributed by atoms with Crippen molar-refractivity contribution in [2.45, 2.75) is 25.6 Å². The van der Waals surface area contributed by atoms with Crippen molar-refractivity contribution < 1.29 is 19.1 Å². The van der Waals surface area contributed by atoms with Gasteiger partial charge in [0.1, 0.15) is 23.8 Å². The Balaban J connectivity index is 1.62. The summed E-state index contributed by atoms with van der Waals surface area (Å²) in [6.07, 6.45) is 5.55. The molecule has 9 heteroatoms. The summed E-state index contributed by atoms with van der Waals surface area (Å²) in [6.45, 7) is 1.97. The number of aliphatic carboxylic acids is 1. The molecular formula is C29H29FN4O3S. The fourth-order valence-corrected chi connectivity index (χ4v) is 4.65. The second kappa shape index (κ2) is 12.4. The highest BCUT2D eigenvalue weighted by Crippen LogP contribution is 2.29. The molecular weight excluding hydrogens is 503 g/mol. The van der Waals surface area contributed by atoms with Gasteiger partial charge in [-0.2, -0.15) is 11.8 Å². The minimum absolute atomic E-state index is 0.219. The van der Waals surface area contributed by atoms with Gasteiger partial charge in [-0.1, -0.05) is 30.3 Å². The average molecular weight is 533 g/mol. The molecule has 38 heavy (non-hydrogen) atoms. The molecule has 196 valence electrons. The number of rotatable bonds is 11. The number of benzene rings is 3. The van der Waals surface area contributed by atoms with E-state index in [2.05, 4.69) is 15.6 Å². The van der Waals surface area contributed by atoms with E-state index < -0.39 is 17.9 Å². The number of aromatic nitrogens is 2. The van der Waals surface area contributed by atoms with Crippen molar-refractivity contribution in [2.75, 3.05) is 17.3 Å². The Hall–Kier alpha value is -4.11. The number of hydrogen-bond acceptors (Lipinski definition) is 5. The quantitative estimate of drug-likeness (QED) is 0.222. The fraction of sp³-hybridized carbons (Fsp3) is 0.207. The highest BCUT2D eigenvalue weighted by atomic mass is 32.2. The summed E-state index contributed by atoms with van der Waals surface area (Å²) in [5.41, 5.74) is 3.46. The largest absolute Gasteiger partial charge is 0.480 e. The number of anilines is 1. The number of amides is 1. The topological polar surface area (TPSA) is 96.3 Å². The molecule has 0 bridgehead atoms. The first-order chi connectivity index (χ1) is 18.4. The summed E-state index contributed by atoms with van der Waals surface area (Å²) in [7, 11) is 0. The Morgan fingerprint density at radius 3 is 2.47 bits per heavy atom. The highest BCUT2D eigenvalue weighted by Gasteiger charge is 2.22. The summed E-state index contributed by atoms with van der Waals surface area (Å²) in [5, 5.41) is 15.7. The minimum Gasteiger partial charge on any atom is -0.480 e. The molecule has 1 amide bonds. The maximum atomic E-state index is 13.4. The van der Waals surface area contributed by atoms with Crippen LogP contribution in [0, 0.1) is 5.82 Å². The number of carboxylic acid groups (broad SMARTS) is 1. The zero-order chi connectivity index (χ0) is 27.1. The van der Waals surface area contributed by atoms with Gasteiger partial charge in [-0.15, -0.1) is 0 Å². The lowest BCUT2D eigenvalue weighted by Gasteiger charge is -2.21. The van der Waals surface area contributed by atoms with E-state index in [0.29, 0.717) is 29.1 Å². The predicted molar refractivity (Wildman–Crippen MR) is 150 cm³/mol. The van der Waals surface area contributed by atoms with E-state index in [4.69, 9.17) is 0 Å². The normalized spacial score (nSPS) is 12.5. The molecule has 0 aliphatic rings. The fourth-order valence-electron chi connectivity index (χ4n) is 4.18. The Morgan fingerprint density at radius 2 is 1.79 bits per heavy atom. The van der Waals surface area contributed by atoms with Crippen LogP contribution in [0.5, 0.6) is 0 Å². The van der Waals surface area contributed by atoms with E-state index in [1.54, 1.807) is 30.5 Å². The van der Waals surface area contributed by atoms with Gasteiger partial charge in [0.15, 0.2) is 0 Å². The Bertz CT molecular complexity index is 1390. The lowest BCUT2D eigenvalue weighted by molar-refractivity contribution is -0.139. The van der Waals surface area contributed by atoms with E-state index >= 15 is 0 Å². The number of carboxylic acids is 1. The van der Waals surface area contributed by atoms with E-state index in [9.17, 15) is 19.1 Å². The Morgan fingerprint density at radius 1 is 1.05 bits per heavy atom. The second-order valence-corrected chi connectivity index (χ2v) is 9.74. The molecule has 1 unspecified atom stereocenters. The number of hydrogen-bond donors (Lipinski definition) is 3. The van der Waals surface area contributed by atoms with Crippen molar-refractivity contribution in [3.63, 3.8) is 0 Å². The number of thioether (sulfide) groups is 1. The van der Waals surface area contributed by atoms with Gasteiger partial charge in [-0.25, -0.2) is 14.2 Å². The van der Waals surface area contributed by atoms with Crippen molar-refractivity contribution >= 4 is 29.3 Å². The molecule has 0 saturated heterocycles. The number of carbonyl (C=O) groups excluding carboxylic acids is 1. The van der Waals surface area contributed by atoms with Gasteiger partial charge < -0.3 is 20.3 Å². The van der Waals surface area contributed by atoms with Crippen LogP contribution < -0.4 is 10.6 Å². The van der Waals surface area contributed by atoms with Crippen LogP contribution in [0.3, 0.4) is 0 Å². The third-order valence-corrected chi connectivity index (χ3v) is 6.77. The summed E-state index contributed by atoms with van der Waals surface area (Å²) in [4.78, 5) is 29.4. The molecule has 2 atom stereocenters. The van der Waals surface area contributed by atoms with Gasteiger partial charge in [0, 0.05) is 29.2 Å². The molecule has 0 spiro atoms. The SMILES string of the molecule is CSCC[C@H](NC(=O)c1ccc(NC(C)n2ccnc2-c2ccc(F)cc2)cc1-c1ccccc1)C(=O)O. The van der Waals surface area contributed by atoms with Crippen LogP contribution in [0.25, 0.3) is 22.5 Å². The van der Waals surface area contributed by atoms with Crippen LogP contribution in [-0.2, 0) is 4.79 Å². The summed E-state index contributed by atoms with van der Waals surface area (Å²) >= 11 is 1.53. The Labute approximate surface area is 225 Å². The van der Waals surface area contributed by atoms with E-state index in [1.165, 1.54) is 23.9 Å². The molecule has 4 aromatic rings. The van der Waals surface area contributed by atoms with Crippen LogP contribution in [0.15, 0.2) is 85.2 Å². The lowest BCUT2D eigenvalue weighted by Crippen LogP contribution is -2.41. The zero-order valence-electron chi connectivity index (χ0n) is 21.1. The van der Waals surface area contributed by atoms with Gasteiger partial charge in [0.2, 0.25) is 0 Å². The third-order valence-electron chi connectivity index (χ3n) is 6.13. The summed E-state index contributed by atoms with van der Waals surface area (Å²) < 4.78 is 15.4. The molecule has 0 saturated carbocycles. The van der Waals surface area contributed by atoms with Gasteiger partial charge in [0.25, 0.3) is 5.91 Å². The maximum Gasteiger partial charge on any atom is 0.326 e. The molecule has 0 radical (unpaired) electrons. The van der Waals surface area contributed by atoms with Crippen molar-refractivity contribution in [3.8, 4) is 22.5 Å². The predicted octanol–water partition coefficient (Wildman–Crippen LogP) is 5.92. The molecule has 1 aromatic heterocycles. The number of nitrogens with zero attached hydrogens (tertiary/aromatic N) is 2. The van der Waals surface area contributed by atoms with Crippen molar-refractivity contribution in [3.05, 3.63) is 96.6 Å². The van der Waals surface area contributed by atoms with E-state index in [0.717, 1.165) is 16.8 Å². The van der Waals surface area contributed by atoms with Crippen LogP contribution in [0.4, 0.5) is 10.1 Å². The van der Waals surface area contributed by atoms with Crippen molar-refractivity contribution in [2.24, 2.45) is 0 Å². The molecule has 0 aliphatic heterocycles. The molecule has 3 aromatic carbocycles. The second-order valence-electron chi connectivity index (χ2n) is 8.76. The third kappa shape index (κ3) is 6.41. The van der Waals surface area contributed by atoms with E-state index in [-0.39, 0.29) is 12.0 Å². The molecule has 3 N–H and O–H groups in total. The molecule has 7 nitrogen and oxygen atoms in total. The summed E-state index contributed by atoms with van der Waals surface area (Å²) in [6, 6.07) is 20.1. The number of carbonyl (C=O) groups is 2. The minimum atomic E-state index is -1.06. The van der Waals surface area contributed by atoms with Gasteiger partial charge in [-0.05, 0) is 78.9 Å². The van der Waals surface area contributed by atoms with Crippen molar-refractivity contribution in [1.29, 1.82) is 0 Å². The monoisotopic (exact) mass is 532 g/mol. The standard InChI is InChI=1S/C29H29FN4O3S/c1-19(34-16-15-31-27(34)21-8-10-22(30)11-9-21)32-23-12-13-24(25(18-23)20-6-4-3-5-7-20)28(35)33-26(29(36)37)14-17-38-2/h3-13,15-16,18-19,26,32H,14,17H2,1-2H3,(H,33,35)(H,36,37)/t19?,26-/m0/s1. The average Bonchev–Trinajstić information content (AvgIpc) is 3.42. The molecule has 4 rings (SSSR count). The van der Waals surface area contributed by atoms with Crippen LogP contribution in [-0.4, -0.2) is 44.6 Å². The zero-order valence-corrected chi connectivity index (χ0v) is 21.9. The first kappa shape index (κ1) is 26.9. The van der Waals surface area contributed by atoms with Crippen LogP contribution >= 0.6 is 11.8 Å². The van der Waals surface area contributed by atoms with Crippen molar-refractivity contribution in [1.82, 2.24) is 14.9 Å². The molecule has 0 aliphatic carbocycles. The molecule has 1 heterocycles. The number of halogens is 1. The van der Waals surface area contributed by atoms with Gasteiger partial charge in [-0.3, -0.25) is 4.79 Å². The van der Waals surface area contributed by atoms with Gasteiger partial charge in [0.05, 0.1) is 0 Å².